The Morgan fingerprint density at radius 1 is 1.36 bits per heavy atom. The standard InChI is InChI=1S/C17H23N5O3/c1-4-22-15-10(3)24-9(2)7-11(15)14(19-22)17(23)21-6-5-13-12(8-21)16(18)25-20-13/h9-10H,4-8,18H2,1-3H3/t9-,10+/m1/s1. The number of hydrogen-bond donors (Lipinski definition) is 1. The second kappa shape index (κ2) is 5.87. The van der Waals surface area contributed by atoms with Gasteiger partial charge in [0.1, 0.15) is 0 Å². The van der Waals surface area contributed by atoms with Crippen LogP contribution < -0.4 is 5.73 Å². The minimum absolute atomic E-state index is 0.0593. The van der Waals surface area contributed by atoms with Crippen molar-refractivity contribution in [2.75, 3.05) is 12.3 Å². The average Bonchev–Trinajstić information content (AvgIpc) is 3.15. The van der Waals surface area contributed by atoms with Crippen molar-refractivity contribution in [3.63, 3.8) is 0 Å². The van der Waals surface area contributed by atoms with E-state index < -0.39 is 0 Å². The summed E-state index contributed by atoms with van der Waals surface area (Å²) < 4.78 is 12.9. The third kappa shape index (κ3) is 2.52. The highest BCUT2D eigenvalue weighted by molar-refractivity contribution is 5.94. The summed E-state index contributed by atoms with van der Waals surface area (Å²) >= 11 is 0. The van der Waals surface area contributed by atoms with Crippen molar-refractivity contribution in [1.82, 2.24) is 19.8 Å². The predicted molar refractivity (Wildman–Crippen MR) is 89.9 cm³/mol. The molecule has 0 radical (unpaired) electrons. The van der Waals surface area contributed by atoms with Gasteiger partial charge in [-0.25, -0.2) is 0 Å². The van der Waals surface area contributed by atoms with Crippen molar-refractivity contribution in [3.8, 4) is 0 Å². The second-order valence-electron chi connectivity index (χ2n) is 6.77. The van der Waals surface area contributed by atoms with Crippen LogP contribution in [-0.4, -0.2) is 38.4 Å². The molecule has 0 saturated heterocycles. The third-order valence-electron chi connectivity index (χ3n) is 5.06. The second-order valence-corrected chi connectivity index (χ2v) is 6.77. The van der Waals surface area contributed by atoms with Gasteiger partial charge in [-0.1, -0.05) is 5.16 Å². The summed E-state index contributed by atoms with van der Waals surface area (Å²) in [7, 11) is 0. The molecule has 0 bridgehead atoms. The molecule has 2 atom stereocenters. The number of fused-ring (bicyclic) bond motifs is 2. The fraction of sp³-hybridized carbons (Fsp3) is 0.588. The van der Waals surface area contributed by atoms with E-state index in [2.05, 4.69) is 10.3 Å². The molecule has 8 heteroatoms. The Bertz CT molecular complexity index is 825. The summed E-state index contributed by atoms with van der Waals surface area (Å²) in [5.41, 5.74) is 10.1. The summed E-state index contributed by atoms with van der Waals surface area (Å²) in [5.74, 6) is 0.236. The number of nitrogens with zero attached hydrogens (tertiary/aromatic N) is 4. The molecule has 0 aromatic carbocycles. The molecule has 8 nitrogen and oxygen atoms in total. The summed E-state index contributed by atoms with van der Waals surface area (Å²) in [6.45, 7) is 7.79. The molecule has 2 aliphatic rings. The zero-order valence-electron chi connectivity index (χ0n) is 14.8. The van der Waals surface area contributed by atoms with Crippen LogP contribution in [0.3, 0.4) is 0 Å². The number of carbonyl (C=O) groups is 1. The highest BCUT2D eigenvalue weighted by Crippen LogP contribution is 2.33. The molecule has 0 spiro atoms. The smallest absolute Gasteiger partial charge is 0.274 e. The summed E-state index contributed by atoms with van der Waals surface area (Å²) in [6, 6.07) is 0. The van der Waals surface area contributed by atoms with Crippen LogP contribution in [0.15, 0.2) is 4.52 Å². The molecule has 2 N–H and O–H groups in total. The Hall–Kier alpha value is -2.35. The van der Waals surface area contributed by atoms with Crippen molar-refractivity contribution >= 4 is 11.8 Å². The predicted octanol–water partition coefficient (Wildman–Crippen LogP) is 1.69. The minimum Gasteiger partial charge on any atom is -0.369 e. The van der Waals surface area contributed by atoms with Gasteiger partial charge in [-0.2, -0.15) is 5.10 Å². The van der Waals surface area contributed by atoms with E-state index in [1.807, 2.05) is 25.5 Å². The average molecular weight is 345 g/mol. The molecule has 0 fully saturated rings. The SMILES string of the molecule is CCn1nc(C(=O)N2CCc3noc(N)c3C2)c2c1[C@H](C)O[C@H](C)C2. The van der Waals surface area contributed by atoms with Gasteiger partial charge in [0.25, 0.3) is 5.91 Å². The summed E-state index contributed by atoms with van der Waals surface area (Å²) in [5, 5.41) is 8.57. The molecule has 4 rings (SSSR count). The molecule has 2 aliphatic heterocycles. The number of aromatic nitrogens is 3. The molecule has 2 aromatic heterocycles. The Morgan fingerprint density at radius 3 is 2.92 bits per heavy atom. The van der Waals surface area contributed by atoms with Gasteiger partial charge in [0, 0.05) is 31.5 Å². The van der Waals surface area contributed by atoms with Crippen molar-refractivity contribution in [2.45, 2.75) is 58.9 Å². The molecule has 25 heavy (non-hydrogen) atoms. The molecule has 4 heterocycles. The number of nitrogen functional groups attached to an aromatic ring is 1. The number of ether oxygens (including phenoxy) is 1. The number of rotatable bonds is 2. The first kappa shape index (κ1) is 16.1. The van der Waals surface area contributed by atoms with E-state index in [0.717, 1.165) is 22.5 Å². The Kier molecular flexibility index (Phi) is 3.79. The van der Waals surface area contributed by atoms with Gasteiger partial charge >= 0.3 is 0 Å². The van der Waals surface area contributed by atoms with E-state index >= 15 is 0 Å². The number of aryl methyl sites for hydroxylation is 1. The minimum atomic E-state index is -0.0607. The maximum Gasteiger partial charge on any atom is 0.274 e. The number of anilines is 1. The largest absolute Gasteiger partial charge is 0.369 e. The van der Waals surface area contributed by atoms with E-state index in [4.69, 9.17) is 15.0 Å². The van der Waals surface area contributed by atoms with Gasteiger partial charge in [0.05, 0.1) is 35.7 Å². The highest BCUT2D eigenvalue weighted by atomic mass is 16.5. The molecular weight excluding hydrogens is 322 g/mol. The molecule has 0 saturated carbocycles. The lowest BCUT2D eigenvalue weighted by atomic mass is 9.98. The van der Waals surface area contributed by atoms with Crippen LogP contribution in [0.1, 0.15) is 59.9 Å². The van der Waals surface area contributed by atoms with Gasteiger partial charge in [0.2, 0.25) is 5.88 Å². The zero-order chi connectivity index (χ0) is 17.7. The van der Waals surface area contributed by atoms with E-state index in [9.17, 15) is 4.79 Å². The fourth-order valence-electron chi connectivity index (χ4n) is 3.89. The van der Waals surface area contributed by atoms with Crippen LogP contribution in [0, 0.1) is 0 Å². The molecule has 0 unspecified atom stereocenters. The number of amides is 1. The van der Waals surface area contributed by atoms with Gasteiger partial charge in [0.15, 0.2) is 5.69 Å². The fourth-order valence-corrected chi connectivity index (χ4v) is 3.89. The molecule has 134 valence electrons. The Morgan fingerprint density at radius 2 is 2.16 bits per heavy atom. The molecule has 2 aromatic rings. The maximum atomic E-state index is 13.2. The third-order valence-corrected chi connectivity index (χ3v) is 5.06. The monoisotopic (exact) mass is 345 g/mol. The van der Waals surface area contributed by atoms with Gasteiger partial charge in [-0.05, 0) is 20.8 Å². The van der Waals surface area contributed by atoms with Gasteiger partial charge in [-0.15, -0.1) is 0 Å². The number of hydrogen-bond acceptors (Lipinski definition) is 6. The zero-order valence-corrected chi connectivity index (χ0v) is 14.8. The van der Waals surface area contributed by atoms with Crippen LogP contribution in [0.5, 0.6) is 0 Å². The van der Waals surface area contributed by atoms with Crippen molar-refractivity contribution in [1.29, 1.82) is 0 Å². The summed E-state index contributed by atoms with van der Waals surface area (Å²) in [4.78, 5) is 15.0. The maximum absolute atomic E-state index is 13.2. The quantitative estimate of drug-likeness (QED) is 0.889. The van der Waals surface area contributed by atoms with E-state index in [0.29, 0.717) is 44.1 Å². The Balaban J connectivity index is 1.68. The first-order valence-electron chi connectivity index (χ1n) is 8.76. The summed E-state index contributed by atoms with van der Waals surface area (Å²) in [6.07, 6.45) is 1.36. The first-order valence-corrected chi connectivity index (χ1v) is 8.76. The van der Waals surface area contributed by atoms with E-state index in [-0.39, 0.29) is 18.1 Å². The lowest BCUT2D eigenvalue weighted by molar-refractivity contribution is -0.00952. The Labute approximate surface area is 145 Å². The van der Waals surface area contributed by atoms with Gasteiger partial charge in [-0.3, -0.25) is 9.48 Å². The number of carbonyl (C=O) groups excluding carboxylic acids is 1. The van der Waals surface area contributed by atoms with E-state index in [1.165, 1.54) is 0 Å². The van der Waals surface area contributed by atoms with Crippen LogP contribution in [0.2, 0.25) is 0 Å². The van der Waals surface area contributed by atoms with Crippen LogP contribution in [0.25, 0.3) is 0 Å². The highest BCUT2D eigenvalue weighted by Gasteiger charge is 2.35. The van der Waals surface area contributed by atoms with Crippen molar-refractivity contribution < 1.29 is 14.1 Å². The number of nitrogens with two attached hydrogens (primary N) is 1. The van der Waals surface area contributed by atoms with Crippen LogP contribution in [-0.2, 0) is 30.7 Å². The van der Waals surface area contributed by atoms with E-state index in [1.54, 1.807) is 4.90 Å². The molecule has 1 amide bonds. The van der Waals surface area contributed by atoms with Crippen molar-refractivity contribution in [3.05, 3.63) is 28.2 Å². The van der Waals surface area contributed by atoms with Gasteiger partial charge < -0.3 is 19.9 Å². The molecule has 0 aliphatic carbocycles. The van der Waals surface area contributed by atoms with Crippen molar-refractivity contribution in [2.24, 2.45) is 0 Å². The topological polar surface area (TPSA) is 99.4 Å². The molecular formula is C17H23N5O3. The van der Waals surface area contributed by atoms with Crippen LogP contribution in [0.4, 0.5) is 5.88 Å². The van der Waals surface area contributed by atoms with Crippen LogP contribution >= 0.6 is 0 Å². The first-order chi connectivity index (χ1) is 12.0. The lowest BCUT2D eigenvalue weighted by Gasteiger charge is -2.28. The lowest BCUT2D eigenvalue weighted by Crippen LogP contribution is -2.37. The normalized spacial score (nSPS) is 22.6.